The van der Waals surface area contributed by atoms with Crippen LogP contribution >= 0.6 is 23.2 Å². The van der Waals surface area contributed by atoms with Crippen LogP contribution in [0.3, 0.4) is 0 Å². The van der Waals surface area contributed by atoms with Gasteiger partial charge in [0.25, 0.3) is 0 Å². The maximum Gasteiger partial charge on any atom is 0.220 e. The number of halogens is 2. The smallest absolute Gasteiger partial charge is 0.220 e. The predicted molar refractivity (Wildman–Crippen MR) is 88.3 cm³/mol. The van der Waals surface area contributed by atoms with Gasteiger partial charge < -0.3 is 4.74 Å². The number of hydrogen-bond acceptors (Lipinski definition) is 2. The highest BCUT2D eigenvalue weighted by Crippen LogP contribution is 2.31. The van der Waals surface area contributed by atoms with E-state index < -0.39 is 0 Å². The highest BCUT2D eigenvalue weighted by molar-refractivity contribution is 6.36. The number of rotatable bonds is 4. The molecule has 0 spiro atoms. The van der Waals surface area contributed by atoms with Gasteiger partial charge in [-0.1, -0.05) is 53.5 Å². The van der Waals surface area contributed by atoms with Gasteiger partial charge in [-0.15, -0.1) is 0 Å². The SMILES string of the molecule is Cn1nc(-c2ccc(Cl)cc2Cl)[c]c1OCc1ccccc1. The Labute approximate surface area is 139 Å². The van der Waals surface area contributed by atoms with Crippen LogP contribution in [0.25, 0.3) is 11.3 Å². The maximum atomic E-state index is 6.20. The lowest BCUT2D eigenvalue weighted by Gasteiger charge is -2.04. The summed E-state index contributed by atoms with van der Waals surface area (Å²) in [7, 11) is 1.81. The molecule has 0 unspecified atom stereocenters. The van der Waals surface area contributed by atoms with Crippen molar-refractivity contribution in [2.24, 2.45) is 7.05 Å². The Morgan fingerprint density at radius 1 is 1.14 bits per heavy atom. The van der Waals surface area contributed by atoms with Crippen LogP contribution in [0.15, 0.2) is 48.5 Å². The van der Waals surface area contributed by atoms with Gasteiger partial charge in [-0.25, -0.2) is 4.68 Å². The molecule has 5 heteroatoms. The van der Waals surface area contributed by atoms with Crippen molar-refractivity contribution in [3.05, 3.63) is 70.2 Å². The van der Waals surface area contributed by atoms with Crippen LogP contribution in [0, 0.1) is 6.07 Å². The molecule has 1 aromatic heterocycles. The minimum absolute atomic E-state index is 0.463. The second kappa shape index (κ2) is 6.42. The molecule has 111 valence electrons. The molecule has 1 radical (unpaired) electrons. The first kappa shape index (κ1) is 14.9. The molecular formula is C17H13Cl2N2O. The van der Waals surface area contributed by atoms with E-state index in [2.05, 4.69) is 11.2 Å². The number of benzene rings is 2. The molecule has 0 aliphatic rings. The zero-order chi connectivity index (χ0) is 15.5. The second-order valence-electron chi connectivity index (χ2n) is 4.80. The van der Waals surface area contributed by atoms with Gasteiger partial charge in [0.05, 0.1) is 11.1 Å². The van der Waals surface area contributed by atoms with Gasteiger partial charge in [0.15, 0.2) is 0 Å². The van der Waals surface area contributed by atoms with E-state index >= 15 is 0 Å². The summed E-state index contributed by atoms with van der Waals surface area (Å²) in [5.74, 6) is 0.560. The highest BCUT2D eigenvalue weighted by atomic mass is 35.5. The Morgan fingerprint density at radius 3 is 2.64 bits per heavy atom. The molecule has 0 aliphatic heterocycles. The van der Waals surface area contributed by atoms with E-state index in [-0.39, 0.29) is 0 Å². The average molecular weight is 332 g/mol. The second-order valence-corrected chi connectivity index (χ2v) is 5.64. The molecule has 22 heavy (non-hydrogen) atoms. The quantitative estimate of drug-likeness (QED) is 0.688. The Balaban J connectivity index is 1.81. The summed E-state index contributed by atoms with van der Waals surface area (Å²) in [6.45, 7) is 0.463. The number of hydrogen-bond donors (Lipinski definition) is 0. The lowest BCUT2D eigenvalue weighted by molar-refractivity contribution is 0.278. The van der Waals surface area contributed by atoms with Gasteiger partial charge >= 0.3 is 0 Å². The van der Waals surface area contributed by atoms with Gasteiger partial charge in [-0.2, -0.15) is 5.10 Å². The number of nitrogens with zero attached hydrogens (tertiary/aromatic N) is 2. The summed E-state index contributed by atoms with van der Waals surface area (Å²) in [6.07, 6.45) is 0. The Morgan fingerprint density at radius 2 is 1.91 bits per heavy atom. The normalized spacial score (nSPS) is 10.7. The maximum absolute atomic E-state index is 6.20. The fourth-order valence-corrected chi connectivity index (χ4v) is 2.56. The highest BCUT2D eigenvalue weighted by Gasteiger charge is 2.12. The van der Waals surface area contributed by atoms with Crippen LogP contribution in [0.1, 0.15) is 5.56 Å². The Kier molecular flexibility index (Phi) is 4.36. The van der Waals surface area contributed by atoms with Gasteiger partial charge in [0.2, 0.25) is 5.88 Å². The molecule has 0 aliphatic carbocycles. The lowest BCUT2D eigenvalue weighted by Crippen LogP contribution is -2.00. The van der Waals surface area contributed by atoms with Crippen molar-refractivity contribution in [2.75, 3.05) is 0 Å². The van der Waals surface area contributed by atoms with Crippen LogP contribution in [0.2, 0.25) is 10.0 Å². The molecule has 0 amide bonds. The van der Waals surface area contributed by atoms with Crippen molar-refractivity contribution in [1.29, 1.82) is 0 Å². The van der Waals surface area contributed by atoms with E-state index in [1.165, 1.54) is 0 Å². The standard InChI is InChI=1S/C17H13Cl2N2O/c1-21-17(22-11-12-5-3-2-4-6-12)10-16(20-21)14-8-7-13(18)9-15(14)19/h2-9H,11H2,1H3. The summed E-state index contributed by atoms with van der Waals surface area (Å²) in [5.41, 5.74) is 2.49. The third-order valence-corrected chi connectivity index (χ3v) is 3.72. The molecule has 3 rings (SSSR count). The van der Waals surface area contributed by atoms with Crippen LogP contribution < -0.4 is 4.74 Å². The topological polar surface area (TPSA) is 27.1 Å². The van der Waals surface area contributed by atoms with Crippen LogP contribution in [-0.4, -0.2) is 9.78 Å². The summed E-state index contributed by atoms with van der Waals surface area (Å²) in [5, 5.41) is 5.52. The molecular weight excluding hydrogens is 319 g/mol. The van der Waals surface area contributed by atoms with Crippen LogP contribution in [0.4, 0.5) is 0 Å². The third kappa shape index (κ3) is 3.26. The minimum atomic E-state index is 0.463. The molecule has 0 saturated heterocycles. The number of ether oxygens (including phenoxy) is 1. The molecule has 0 fully saturated rings. The van der Waals surface area contributed by atoms with Crippen LogP contribution in [0.5, 0.6) is 5.88 Å². The van der Waals surface area contributed by atoms with E-state index in [0.29, 0.717) is 28.2 Å². The van der Waals surface area contributed by atoms with Crippen molar-refractivity contribution in [1.82, 2.24) is 9.78 Å². The van der Waals surface area contributed by atoms with Crippen molar-refractivity contribution < 1.29 is 4.74 Å². The van der Waals surface area contributed by atoms with Gasteiger partial charge in [0.1, 0.15) is 12.3 Å². The molecule has 2 aromatic carbocycles. The first-order chi connectivity index (χ1) is 10.6. The molecule has 0 N–H and O–H groups in total. The first-order valence-corrected chi connectivity index (χ1v) is 7.47. The monoisotopic (exact) mass is 331 g/mol. The summed E-state index contributed by atoms with van der Waals surface area (Å²) in [4.78, 5) is 0. The Bertz CT molecular complexity index is 785. The van der Waals surface area contributed by atoms with Crippen molar-refractivity contribution in [3.63, 3.8) is 0 Å². The lowest BCUT2D eigenvalue weighted by atomic mass is 10.1. The largest absolute Gasteiger partial charge is 0.473 e. The van der Waals surface area contributed by atoms with E-state index in [0.717, 1.165) is 11.1 Å². The van der Waals surface area contributed by atoms with E-state index in [1.807, 2.05) is 43.4 Å². The van der Waals surface area contributed by atoms with E-state index in [4.69, 9.17) is 27.9 Å². The zero-order valence-electron chi connectivity index (χ0n) is 11.9. The average Bonchev–Trinajstić information content (AvgIpc) is 2.87. The van der Waals surface area contributed by atoms with Crippen LogP contribution in [-0.2, 0) is 13.7 Å². The van der Waals surface area contributed by atoms with Gasteiger partial charge in [-0.3, -0.25) is 0 Å². The zero-order valence-corrected chi connectivity index (χ0v) is 13.4. The van der Waals surface area contributed by atoms with Gasteiger partial charge in [0, 0.05) is 17.6 Å². The summed E-state index contributed by atoms with van der Waals surface area (Å²) >= 11 is 12.1. The summed E-state index contributed by atoms with van der Waals surface area (Å²) in [6, 6.07) is 18.4. The van der Waals surface area contributed by atoms with E-state index in [1.54, 1.807) is 16.8 Å². The van der Waals surface area contributed by atoms with Crippen molar-refractivity contribution >= 4 is 23.2 Å². The predicted octanol–water partition coefficient (Wildman–Crippen LogP) is 4.77. The third-order valence-electron chi connectivity index (χ3n) is 3.17. The number of aryl methyl sites for hydroxylation is 1. The molecule has 0 bridgehead atoms. The summed E-state index contributed by atoms with van der Waals surface area (Å²) < 4.78 is 7.41. The first-order valence-electron chi connectivity index (χ1n) is 6.72. The van der Waals surface area contributed by atoms with Crippen molar-refractivity contribution in [2.45, 2.75) is 6.61 Å². The number of aromatic nitrogens is 2. The Hall–Kier alpha value is -1.97. The molecule has 0 saturated carbocycles. The molecule has 1 heterocycles. The fraction of sp³-hybridized carbons (Fsp3) is 0.118. The van der Waals surface area contributed by atoms with E-state index in [9.17, 15) is 0 Å². The van der Waals surface area contributed by atoms with Crippen molar-refractivity contribution in [3.8, 4) is 17.1 Å². The molecule has 3 nitrogen and oxygen atoms in total. The minimum Gasteiger partial charge on any atom is -0.473 e. The van der Waals surface area contributed by atoms with Gasteiger partial charge in [-0.05, 0) is 23.8 Å². The molecule has 0 atom stereocenters. The fourth-order valence-electron chi connectivity index (χ4n) is 2.06. The molecule has 3 aromatic rings.